The Balaban J connectivity index is 0. The van der Waals surface area contributed by atoms with Crippen molar-refractivity contribution in [3.05, 3.63) is 24.3 Å². The van der Waals surface area contributed by atoms with Gasteiger partial charge in [-0.15, -0.1) is 0 Å². The van der Waals surface area contributed by atoms with Gasteiger partial charge in [0.2, 0.25) is 5.91 Å². The predicted octanol–water partition coefficient (Wildman–Crippen LogP) is -6.50. The standard InChI is InChI=1S/C12H11NO8S2.2Na.H2O/c1-6(14)13-12-10(23(19,20)21)5-9(22(16,17)18)7-3-2-4-8(15)11(7)12;;;/h2-5,15H,1H3,(H,13,14)(H,16,17,18)(H,19,20,21);;;1H2/q;2*+1;/p-2. The van der Waals surface area contributed by atoms with Gasteiger partial charge in [0.05, 0.1) is 15.5 Å². The summed E-state index contributed by atoms with van der Waals surface area (Å²) in [5, 5.41) is 11.2. The van der Waals surface area contributed by atoms with Crippen molar-refractivity contribution in [2.75, 3.05) is 5.32 Å². The largest absolute Gasteiger partial charge is 1.00 e. The average Bonchev–Trinajstić information content (AvgIpc) is 2.35. The number of carbonyl (C=O) groups is 1. The van der Waals surface area contributed by atoms with Crippen LogP contribution in [0.5, 0.6) is 5.75 Å². The van der Waals surface area contributed by atoms with Gasteiger partial charge >= 0.3 is 59.1 Å². The molecule has 0 aromatic heterocycles. The first-order chi connectivity index (χ1) is 10.4. The second kappa shape index (κ2) is 9.80. The third-order valence-corrected chi connectivity index (χ3v) is 4.64. The van der Waals surface area contributed by atoms with Crippen molar-refractivity contribution in [3.8, 4) is 5.75 Å². The van der Waals surface area contributed by atoms with Gasteiger partial charge in [0.25, 0.3) is 0 Å². The fraction of sp³-hybridized carbons (Fsp3) is 0.0833. The van der Waals surface area contributed by atoms with Crippen LogP contribution >= 0.6 is 0 Å². The number of phenolic OH excluding ortho intramolecular Hbond substituents is 1. The van der Waals surface area contributed by atoms with Crippen LogP contribution in [0.15, 0.2) is 34.1 Å². The monoisotopic (exact) mass is 423 g/mol. The number of anilines is 1. The van der Waals surface area contributed by atoms with E-state index in [0.29, 0.717) is 6.07 Å². The molecule has 0 aliphatic rings. The molecule has 26 heavy (non-hydrogen) atoms. The molecule has 0 fully saturated rings. The summed E-state index contributed by atoms with van der Waals surface area (Å²) in [6.07, 6.45) is 0. The van der Waals surface area contributed by atoms with Crippen LogP contribution in [-0.2, 0) is 25.0 Å². The Morgan fingerprint density at radius 1 is 1.04 bits per heavy atom. The minimum Gasteiger partial charge on any atom is -0.744 e. The molecule has 0 aliphatic carbocycles. The van der Waals surface area contributed by atoms with Gasteiger partial charge in [0, 0.05) is 17.7 Å². The molecule has 0 saturated carbocycles. The summed E-state index contributed by atoms with van der Waals surface area (Å²) in [6.45, 7) is 1.02. The molecule has 2 aromatic carbocycles. The van der Waals surface area contributed by atoms with Gasteiger partial charge in [-0.3, -0.25) is 4.79 Å². The van der Waals surface area contributed by atoms with E-state index in [9.17, 15) is 35.8 Å². The first-order valence-corrected chi connectivity index (χ1v) is 8.72. The fourth-order valence-corrected chi connectivity index (χ4v) is 3.55. The minimum atomic E-state index is -5.25. The molecule has 2 rings (SSSR count). The van der Waals surface area contributed by atoms with Crippen molar-refractivity contribution in [2.45, 2.75) is 16.7 Å². The minimum absolute atomic E-state index is 0. The van der Waals surface area contributed by atoms with Gasteiger partial charge in [-0.25, -0.2) is 16.8 Å². The molecular formula is C12H11NNa2O9S2. The zero-order valence-electron chi connectivity index (χ0n) is 13.9. The van der Waals surface area contributed by atoms with Gasteiger partial charge in [-0.2, -0.15) is 0 Å². The third kappa shape index (κ3) is 5.87. The number of fused-ring (bicyclic) bond motifs is 1. The van der Waals surface area contributed by atoms with Crippen molar-refractivity contribution in [2.24, 2.45) is 0 Å². The van der Waals surface area contributed by atoms with E-state index in [1.54, 1.807) is 0 Å². The van der Waals surface area contributed by atoms with Crippen LogP contribution in [0.2, 0.25) is 0 Å². The van der Waals surface area contributed by atoms with Gasteiger partial charge in [0.15, 0.2) is 0 Å². The Labute approximate surface area is 193 Å². The third-order valence-electron chi connectivity index (χ3n) is 2.91. The van der Waals surface area contributed by atoms with E-state index in [1.165, 1.54) is 6.07 Å². The number of aromatic hydroxyl groups is 1. The second-order valence-corrected chi connectivity index (χ2v) is 7.23. The number of phenols is 1. The first kappa shape index (κ1) is 28.0. The Morgan fingerprint density at radius 2 is 1.54 bits per heavy atom. The average molecular weight is 423 g/mol. The molecule has 0 bridgehead atoms. The topological polar surface area (TPSA) is 195 Å². The van der Waals surface area contributed by atoms with Crippen LogP contribution in [0.25, 0.3) is 10.8 Å². The molecule has 0 saturated heterocycles. The molecular weight excluding hydrogens is 412 g/mol. The molecule has 0 unspecified atom stereocenters. The van der Waals surface area contributed by atoms with Gasteiger partial charge in [-0.1, -0.05) is 12.1 Å². The quantitative estimate of drug-likeness (QED) is 0.359. The smallest absolute Gasteiger partial charge is 0.744 e. The number of amides is 1. The number of nitrogens with one attached hydrogen (secondary N) is 1. The Morgan fingerprint density at radius 3 is 1.96 bits per heavy atom. The maximum Gasteiger partial charge on any atom is 1.00 e. The Kier molecular flexibility index (Phi) is 10.5. The summed E-state index contributed by atoms with van der Waals surface area (Å²) in [4.78, 5) is 9.14. The molecule has 10 nitrogen and oxygen atoms in total. The summed E-state index contributed by atoms with van der Waals surface area (Å²) in [6, 6.07) is 3.80. The van der Waals surface area contributed by atoms with E-state index in [4.69, 9.17) is 0 Å². The summed E-state index contributed by atoms with van der Waals surface area (Å²) >= 11 is 0. The maximum absolute atomic E-state index is 11.4. The molecule has 0 radical (unpaired) electrons. The van der Waals surface area contributed by atoms with Crippen LogP contribution in [0.4, 0.5) is 5.69 Å². The van der Waals surface area contributed by atoms with E-state index >= 15 is 0 Å². The molecule has 0 atom stereocenters. The van der Waals surface area contributed by atoms with E-state index < -0.39 is 52.8 Å². The number of rotatable bonds is 3. The molecule has 0 aliphatic heterocycles. The summed E-state index contributed by atoms with van der Waals surface area (Å²) in [5.41, 5.74) is -0.590. The van der Waals surface area contributed by atoms with Crippen LogP contribution in [0, 0.1) is 0 Å². The van der Waals surface area contributed by atoms with Gasteiger partial charge in [0.1, 0.15) is 26.0 Å². The molecule has 4 N–H and O–H groups in total. The SMILES string of the molecule is CC(=O)Nc1c(S(=O)(=O)[O-])cc(S(=O)(=O)[O-])c2cccc(O)c12.O.[Na+].[Na+]. The van der Waals surface area contributed by atoms with Crippen LogP contribution in [0.1, 0.15) is 6.92 Å². The van der Waals surface area contributed by atoms with E-state index in [2.05, 4.69) is 5.32 Å². The van der Waals surface area contributed by atoms with Crippen LogP contribution in [-0.4, -0.2) is 42.4 Å². The van der Waals surface area contributed by atoms with Crippen molar-refractivity contribution in [3.63, 3.8) is 0 Å². The van der Waals surface area contributed by atoms with E-state index in [0.717, 1.165) is 19.1 Å². The van der Waals surface area contributed by atoms with E-state index in [1.807, 2.05) is 0 Å². The van der Waals surface area contributed by atoms with Gasteiger partial charge < -0.3 is 25.0 Å². The van der Waals surface area contributed by atoms with Crippen molar-refractivity contribution in [1.82, 2.24) is 0 Å². The maximum atomic E-state index is 11.4. The van der Waals surface area contributed by atoms with E-state index in [-0.39, 0.29) is 70.0 Å². The van der Waals surface area contributed by atoms with Crippen molar-refractivity contribution >= 4 is 42.6 Å². The molecule has 132 valence electrons. The second-order valence-electron chi connectivity index (χ2n) is 4.54. The molecule has 1 amide bonds. The van der Waals surface area contributed by atoms with Crippen molar-refractivity contribution in [1.29, 1.82) is 0 Å². The number of benzene rings is 2. The number of hydrogen-bond acceptors (Lipinski definition) is 8. The Hall–Kier alpha value is -0.250. The summed E-state index contributed by atoms with van der Waals surface area (Å²) in [7, 11) is -10.4. The number of carbonyl (C=O) groups excluding carboxylic acids is 1. The van der Waals surface area contributed by atoms with Crippen LogP contribution in [0.3, 0.4) is 0 Å². The fourth-order valence-electron chi connectivity index (χ4n) is 2.10. The van der Waals surface area contributed by atoms with Crippen molar-refractivity contribution < 1.29 is 100 Å². The summed E-state index contributed by atoms with van der Waals surface area (Å²) in [5.74, 6) is -1.38. The zero-order chi connectivity index (χ0) is 17.6. The molecule has 14 heteroatoms. The molecule has 0 spiro atoms. The normalized spacial score (nSPS) is 10.9. The predicted molar refractivity (Wildman–Crippen MR) is 79.5 cm³/mol. The number of hydrogen-bond donors (Lipinski definition) is 2. The Bertz CT molecular complexity index is 1040. The zero-order valence-corrected chi connectivity index (χ0v) is 19.6. The molecule has 2 aromatic rings. The molecule has 0 heterocycles. The van der Waals surface area contributed by atoms with Gasteiger partial charge in [-0.05, 0) is 12.1 Å². The first-order valence-electron chi connectivity index (χ1n) is 5.91. The summed E-state index contributed by atoms with van der Waals surface area (Å²) < 4.78 is 68.2. The van der Waals surface area contributed by atoms with Crippen LogP contribution < -0.4 is 64.4 Å².